The number of carboxylic acid groups (broad SMARTS) is 1. The number of aliphatic hydroxyl groups is 1. The summed E-state index contributed by atoms with van der Waals surface area (Å²) >= 11 is 0. The second kappa shape index (κ2) is 7.60. The summed E-state index contributed by atoms with van der Waals surface area (Å²) in [5, 5.41) is 21.5. The summed E-state index contributed by atoms with van der Waals surface area (Å²) in [5.41, 5.74) is 2.05. The molecule has 0 saturated heterocycles. The zero-order valence-electron chi connectivity index (χ0n) is 18.9. The largest absolute Gasteiger partial charge is 0.465 e. The zero-order chi connectivity index (χ0) is 24.2. The van der Waals surface area contributed by atoms with Crippen LogP contribution in [0.2, 0.25) is 0 Å². The Bertz CT molecular complexity index is 1450. The van der Waals surface area contributed by atoms with Crippen molar-refractivity contribution in [2.75, 3.05) is 35.8 Å². The third-order valence-corrected chi connectivity index (χ3v) is 6.14. The number of amides is 2. The van der Waals surface area contributed by atoms with Crippen molar-refractivity contribution in [3.05, 3.63) is 83.4 Å². The molecule has 1 aliphatic rings. The third kappa shape index (κ3) is 3.09. The minimum absolute atomic E-state index is 0.157. The van der Waals surface area contributed by atoms with Crippen LogP contribution in [-0.4, -0.2) is 53.3 Å². The summed E-state index contributed by atoms with van der Waals surface area (Å²) in [6.45, 7) is 0. The van der Waals surface area contributed by atoms with Crippen molar-refractivity contribution in [3.8, 4) is 0 Å². The van der Waals surface area contributed by atoms with E-state index in [1.807, 2.05) is 37.2 Å². The van der Waals surface area contributed by atoms with E-state index in [-0.39, 0.29) is 11.9 Å². The monoisotopic (exact) mass is 457 g/mol. The van der Waals surface area contributed by atoms with Crippen LogP contribution in [-0.2, 0) is 5.72 Å². The first-order valence-electron chi connectivity index (χ1n) is 10.6. The predicted molar refractivity (Wildman–Crippen MR) is 130 cm³/mol. The summed E-state index contributed by atoms with van der Waals surface area (Å²) in [5.74, 6) is -0.157. The van der Waals surface area contributed by atoms with E-state index in [2.05, 4.69) is 9.97 Å². The van der Waals surface area contributed by atoms with Crippen molar-refractivity contribution in [1.29, 1.82) is 0 Å². The Balaban J connectivity index is 1.71. The number of aromatic nitrogens is 2. The van der Waals surface area contributed by atoms with Crippen LogP contribution in [0.5, 0.6) is 0 Å². The molecule has 9 nitrogen and oxygen atoms in total. The number of nitrogens with one attached hydrogen (secondary N) is 1. The van der Waals surface area contributed by atoms with Crippen molar-refractivity contribution < 1.29 is 19.8 Å². The Hall–Kier alpha value is -4.37. The fraction of sp³-hybridized carbons (Fsp3) is 0.160. The molecule has 1 unspecified atom stereocenters. The highest BCUT2D eigenvalue weighted by Gasteiger charge is 2.50. The number of rotatable bonds is 4. The van der Waals surface area contributed by atoms with Crippen LogP contribution >= 0.6 is 0 Å². The van der Waals surface area contributed by atoms with Gasteiger partial charge in [0.25, 0.3) is 5.91 Å². The molecule has 0 aliphatic carbocycles. The zero-order valence-corrected chi connectivity index (χ0v) is 18.9. The number of anilines is 3. The minimum atomic E-state index is -1.78. The van der Waals surface area contributed by atoms with Gasteiger partial charge in [0.15, 0.2) is 5.72 Å². The quantitative estimate of drug-likeness (QED) is 0.432. The van der Waals surface area contributed by atoms with Gasteiger partial charge in [-0.15, -0.1) is 0 Å². The molecule has 4 aromatic rings. The molecule has 1 aliphatic heterocycles. The number of H-pyrrole nitrogens is 1. The lowest BCUT2D eigenvalue weighted by Gasteiger charge is -2.35. The summed E-state index contributed by atoms with van der Waals surface area (Å²) in [7, 11) is 5.20. The average molecular weight is 457 g/mol. The van der Waals surface area contributed by atoms with Gasteiger partial charge in [-0.25, -0.2) is 9.78 Å². The van der Waals surface area contributed by atoms with Crippen LogP contribution in [0.25, 0.3) is 11.0 Å². The predicted octanol–water partition coefficient (Wildman–Crippen LogP) is 3.60. The molecule has 34 heavy (non-hydrogen) atoms. The summed E-state index contributed by atoms with van der Waals surface area (Å²) in [6.07, 6.45) is -1.15. The Morgan fingerprint density at radius 1 is 1.03 bits per heavy atom. The number of benzene rings is 3. The van der Waals surface area contributed by atoms with Gasteiger partial charge in [0.05, 0.1) is 11.0 Å². The van der Waals surface area contributed by atoms with E-state index in [4.69, 9.17) is 0 Å². The molecule has 0 bridgehead atoms. The van der Waals surface area contributed by atoms with Crippen molar-refractivity contribution in [2.24, 2.45) is 0 Å². The highest BCUT2D eigenvalue weighted by atomic mass is 16.4. The molecule has 2 amide bonds. The van der Waals surface area contributed by atoms with Crippen molar-refractivity contribution in [1.82, 2.24) is 9.97 Å². The first-order valence-corrected chi connectivity index (χ1v) is 10.6. The van der Waals surface area contributed by atoms with Gasteiger partial charge in [-0.2, -0.15) is 0 Å². The molecule has 5 rings (SSSR count). The first kappa shape index (κ1) is 21.5. The summed E-state index contributed by atoms with van der Waals surface area (Å²) < 4.78 is 0. The maximum absolute atomic E-state index is 13.6. The van der Waals surface area contributed by atoms with Gasteiger partial charge in [-0.05, 0) is 36.4 Å². The van der Waals surface area contributed by atoms with Gasteiger partial charge in [0, 0.05) is 49.2 Å². The maximum atomic E-state index is 13.6. The number of carbonyl (C=O) groups excluding carboxylic acids is 1. The molecule has 0 radical (unpaired) electrons. The normalized spacial score (nSPS) is 17.2. The minimum Gasteiger partial charge on any atom is -0.465 e. The van der Waals surface area contributed by atoms with Gasteiger partial charge < -0.3 is 20.1 Å². The second-order valence-electron chi connectivity index (χ2n) is 8.41. The van der Waals surface area contributed by atoms with Crippen LogP contribution < -0.4 is 14.7 Å². The number of fused-ring (bicyclic) bond motifs is 2. The second-order valence-corrected chi connectivity index (χ2v) is 8.41. The molecule has 9 heteroatoms. The standard InChI is InChI=1S/C25H23N5O4/c1-28(2)16-7-6-8-17(14-16)30-22(31)18-9-4-5-10-19(18)25(30,34)15-11-12-20-21(13-15)27-23(26-20)29(3)24(32)33/h4-14,34H,1-3H3,(H,26,27)(H,32,33). The van der Waals surface area contributed by atoms with E-state index in [0.29, 0.717) is 33.4 Å². The van der Waals surface area contributed by atoms with Crippen molar-refractivity contribution >= 4 is 40.4 Å². The molecular weight excluding hydrogens is 434 g/mol. The number of imidazole rings is 1. The molecule has 3 N–H and O–H groups in total. The molecule has 0 fully saturated rings. The van der Waals surface area contributed by atoms with Gasteiger partial charge in [0.2, 0.25) is 5.95 Å². The smallest absolute Gasteiger partial charge is 0.413 e. The molecule has 3 aromatic carbocycles. The number of aromatic amines is 1. The molecule has 172 valence electrons. The lowest BCUT2D eigenvalue weighted by atomic mass is 9.93. The van der Waals surface area contributed by atoms with Crippen LogP contribution in [0.1, 0.15) is 21.5 Å². The summed E-state index contributed by atoms with van der Waals surface area (Å²) in [6, 6.07) is 19.5. The van der Waals surface area contributed by atoms with Gasteiger partial charge in [-0.3, -0.25) is 14.6 Å². The highest BCUT2D eigenvalue weighted by molar-refractivity contribution is 6.12. The van der Waals surface area contributed by atoms with Crippen LogP contribution in [0.3, 0.4) is 0 Å². The molecule has 2 heterocycles. The molecule has 0 saturated carbocycles. The topological polar surface area (TPSA) is 113 Å². The lowest BCUT2D eigenvalue weighted by Crippen LogP contribution is -2.45. The number of hydrogen-bond acceptors (Lipinski definition) is 5. The molecule has 1 aromatic heterocycles. The molecule has 1 atom stereocenters. The first-order chi connectivity index (χ1) is 16.2. The number of carbonyl (C=O) groups is 2. The van der Waals surface area contributed by atoms with Crippen LogP contribution in [0, 0.1) is 0 Å². The van der Waals surface area contributed by atoms with E-state index >= 15 is 0 Å². The van der Waals surface area contributed by atoms with Crippen molar-refractivity contribution in [2.45, 2.75) is 5.72 Å². The van der Waals surface area contributed by atoms with Gasteiger partial charge >= 0.3 is 6.09 Å². The Morgan fingerprint density at radius 2 is 1.79 bits per heavy atom. The van der Waals surface area contributed by atoms with Gasteiger partial charge in [-0.1, -0.05) is 30.3 Å². The van der Waals surface area contributed by atoms with Crippen LogP contribution in [0.4, 0.5) is 22.1 Å². The van der Waals surface area contributed by atoms with Crippen molar-refractivity contribution in [3.63, 3.8) is 0 Å². The molecule has 0 spiro atoms. The lowest BCUT2D eigenvalue weighted by molar-refractivity contribution is 0.0704. The van der Waals surface area contributed by atoms with E-state index in [0.717, 1.165) is 10.6 Å². The fourth-order valence-electron chi connectivity index (χ4n) is 4.32. The third-order valence-electron chi connectivity index (χ3n) is 6.14. The van der Waals surface area contributed by atoms with E-state index < -0.39 is 11.8 Å². The fourth-order valence-corrected chi connectivity index (χ4v) is 4.32. The Kier molecular flexibility index (Phi) is 4.80. The molecular formula is C25H23N5O4. The average Bonchev–Trinajstić information content (AvgIpc) is 3.36. The number of nitrogens with zero attached hydrogens (tertiary/aromatic N) is 4. The Morgan fingerprint density at radius 3 is 2.53 bits per heavy atom. The van der Waals surface area contributed by atoms with Crippen LogP contribution in [0.15, 0.2) is 66.7 Å². The van der Waals surface area contributed by atoms with Gasteiger partial charge in [0.1, 0.15) is 0 Å². The SMILES string of the molecule is CN(C)c1cccc(N2C(=O)c3ccccc3C2(O)c2ccc3nc(N(C)C(=O)O)[nH]c3c2)c1. The summed E-state index contributed by atoms with van der Waals surface area (Å²) in [4.78, 5) is 36.5. The van der Waals surface area contributed by atoms with E-state index in [1.165, 1.54) is 11.9 Å². The van der Waals surface area contributed by atoms with E-state index in [1.54, 1.807) is 48.5 Å². The number of hydrogen-bond donors (Lipinski definition) is 3. The highest BCUT2D eigenvalue weighted by Crippen LogP contribution is 2.45. The maximum Gasteiger partial charge on any atom is 0.413 e. The Labute approximate surface area is 195 Å². The van der Waals surface area contributed by atoms with E-state index in [9.17, 15) is 19.8 Å².